The molecule has 0 saturated carbocycles. The maximum atomic E-state index is 12.0. The molecule has 0 aliphatic heterocycles. The Bertz CT molecular complexity index is 954. The van der Waals surface area contributed by atoms with Crippen LogP contribution in [0.2, 0.25) is 5.02 Å². The van der Waals surface area contributed by atoms with Crippen molar-refractivity contribution in [3.63, 3.8) is 0 Å². The highest BCUT2D eigenvalue weighted by atomic mass is 35.5. The first-order valence-corrected chi connectivity index (χ1v) is 7.46. The lowest BCUT2D eigenvalue weighted by Crippen LogP contribution is -2.17. The standard InChI is InChI=1S/C18H13ClN2O3/c19-15-9-11(7-8-17(15)23)18(24)21-20-10-12-3-1-5-14-13(12)4-2-6-16(14)22/h1-10,22-23H,(H,21,24). The molecule has 0 bridgehead atoms. The molecule has 3 rings (SSSR count). The number of amides is 1. The topological polar surface area (TPSA) is 81.9 Å². The third kappa shape index (κ3) is 3.16. The van der Waals surface area contributed by atoms with Gasteiger partial charge in [0.25, 0.3) is 5.91 Å². The molecule has 24 heavy (non-hydrogen) atoms. The Morgan fingerprint density at radius 1 is 1.00 bits per heavy atom. The molecule has 0 atom stereocenters. The lowest BCUT2D eigenvalue weighted by Gasteiger charge is -2.04. The Labute approximate surface area is 142 Å². The second kappa shape index (κ2) is 6.60. The van der Waals surface area contributed by atoms with Crippen LogP contribution in [0.4, 0.5) is 0 Å². The van der Waals surface area contributed by atoms with Crippen LogP contribution in [0.25, 0.3) is 10.8 Å². The number of phenols is 2. The van der Waals surface area contributed by atoms with Crippen LogP contribution >= 0.6 is 11.6 Å². The summed E-state index contributed by atoms with van der Waals surface area (Å²) in [4.78, 5) is 12.0. The highest BCUT2D eigenvalue weighted by molar-refractivity contribution is 6.32. The van der Waals surface area contributed by atoms with Crippen molar-refractivity contribution in [2.45, 2.75) is 0 Å². The van der Waals surface area contributed by atoms with Gasteiger partial charge in [-0.1, -0.05) is 41.9 Å². The lowest BCUT2D eigenvalue weighted by atomic mass is 10.0. The van der Waals surface area contributed by atoms with E-state index in [-0.39, 0.29) is 22.1 Å². The molecule has 120 valence electrons. The summed E-state index contributed by atoms with van der Waals surface area (Å²) in [6.07, 6.45) is 1.50. The zero-order valence-electron chi connectivity index (χ0n) is 12.4. The van der Waals surface area contributed by atoms with Crippen molar-refractivity contribution in [3.8, 4) is 11.5 Å². The molecule has 6 heteroatoms. The van der Waals surface area contributed by atoms with E-state index >= 15 is 0 Å². The molecule has 0 unspecified atom stereocenters. The van der Waals surface area contributed by atoms with Gasteiger partial charge in [0, 0.05) is 16.5 Å². The van der Waals surface area contributed by atoms with Crippen molar-refractivity contribution >= 4 is 34.5 Å². The number of carbonyl (C=O) groups is 1. The Kier molecular flexibility index (Phi) is 4.35. The van der Waals surface area contributed by atoms with Gasteiger partial charge in [-0.2, -0.15) is 5.10 Å². The number of nitrogens with one attached hydrogen (secondary N) is 1. The van der Waals surface area contributed by atoms with Gasteiger partial charge in [-0.15, -0.1) is 0 Å². The molecule has 0 aliphatic carbocycles. The van der Waals surface area contributed by atoms with Gasteiger partial charge in [-0.05, 0) is 29.7 Å². The van der Waals surface area contributed by atoms with E-state index in [9.17, 15) is 15.0 Å². The average molecular weight is 341 g/mol. The van der Waals surface area contributed by atoms with Gasteiger partial charge in [0.05, 0.1) is 11.2 Å². The molecule has 0 heterocycles. The van der Waals surface area contributed by atoms with Gasteiger partial charge < -0.3 is 10.2 Å². The molecular weight excluding hydrogens is 328 g/mol. The molecule has 0 saturated heterocycles. The predicted octanol–water partition coefficient (Wildman–Crippen LogP) is 3.67. The first-order valence-electron chi connectivity index (χ1n) is 7.09. The van der Waals surface area contributed by atoms with Gasteiger partial charge >= 0.3 is 0 Å². The number of hydrogen-bond acceptors (Lipinski definition) is 4. The van der Waals surface area contributed by atoms with Crippen LogP contribution in [0, 0.1) is 0 Å². The third-order valence-corrected chi connectivity index (χ3v) is 3.82. The van der Waals surface area contributed by atoms with E-state index in [0.29, 0.717) is 5.39 Å². The summed E-state index contributed by atoms with van der Waals surface area (Å²) in [7, 11) is 0. The number of hydrogen-bond donors (Lipinski definition) is 3. The molecule has 0 aliphatic rings. The minimum absolute atomic E-state index is 0.0905. The summed E-state index contributed by atoms with van der Waals surface area (Å²) in [5.74, 6) is -0.353. The molecule has 1 amide bonds. The number of nitrogens with zero attached hydrogens (tertiary/aromatic N) is 1. The van der Waals surface area contributed by atoms with E-state index in [0.717, 1.165) is 10.9 Å². The van der Waals surface area contributed by atoms with Gasteiger partial charge in [0.1, 0.15) is 11.5 Å². The predicted molar refractivity (Wildman–Crippen MR) is 93.8 cm³/mol. The number of carbonyl (C=O) groups excluding carboxylic acids is 1. The molecular formula is C18H13ClN2O3. The van der Waals surface area contributed by atoms with E-state index in [1.807, 2.05) is 12.1 Å². The van der Waals surface area contributed by atoms with E-state index in [4.69, 9.17) is 11.6 Å². The minimum Gasteiger partial charge on any atom is -0.507 e. The van der Waals surface area contributed by atoms with Crippen molar-refractivity contribution in [1.82, 2.24) is 5.43 Å². The number of aromatic hydroxyl groups is 2. The fourth-order valence-corrected chi connectivity index (χ4v) is 2.48. The number of halogens is 1. The van der Waals surface area contributed by atoms with Crippen molar-refractivity contribution in [2.24, 2.45) is 5.10 Å². The highest BCUT2D eigenvalue weighted by Crippen LogP contribution is 2.26. The average Bonchev–Trinajstić information content (AvgIpc) is 2.58. The second-order valence-corrected chi connectivity index (χ2v) is 5.49. The molecule has 5 nitrogen and oxygen atoms in total. The highest BCUT2D eigenvalue weighted by Gasteiger charge is 2.07. The van der Waals surface area contributed by atoms with Crippen LogP contribution in [0.3, 0.4) is 0 Å². The fraction of sp³-hybridized carbons (Fsp3) is 0. The number of fused-ring (bicyclic) bond motifs is 1. The maximum Gasteiger partial charge on any atom is 0.271 e. The zero-order chi connectivity index (χ0) is 17.1. The van der Waals surface area contributed by atoms with E-state index in [2.05, 4.69) is 10.5 Å². The van der Waals surface area contributed by atoms with E-state index < -0.39 is 5.91 Å². The third-order valence-electron chi connectivity index (χ3n) is 3.51. The van der Waals surface area contributed by atoms with Crippen LogP contribution in [0.15, 0.2) is 59.7 Å². The number of hydrazone groups is 1. The van der Waals surface area contributed by atoms with Crippen LogP contribution < -0.4 is 5.43 Å². The van der Waals surface area contributed by atoms with Crippen LogP contribution in [0.5, 0.6) is 11.5 Å². The molecule has 0 radical (unpaired) electrons. The summed E-state index contributed by atoms with van der Waals surface area (Å²) in [6.45, 7) is 0. The Morgan fingerprint density at radius 2 is 1.75 bits per heavy atom. The number of phenolic OH excluding ortho intramolecular Hbond substituents is 2. The van der Waals surface area contributed by atoms with E-state index in [1.165, 1.54) is 24.4 Å². The zero-order valence-corrected chi connectivity index (χ0v) is 13.2. The summed E-state index contributed by atoms with van der Waals surface area (Å²) in [5.41, 5.74) is 3.44. The van der Waals surface area contributed by atoms with Crippen LogP contribution in [0.1, 0.15) is 15.9 Å². The fourth-order valence-electron chi connectivity index (χ4n) is 2.30. The first kappa shape index (κ1) is 15.8. The monoisotopic (exact) mass is 340 g/mol. The quantitative estimate of drug-likeness (QED) is 0.502. The van der Waals surface area contributed by atoms with Crippen molar-refractivity contribution in [2.75, 3.05) is 0 Å². The summed E-state index contributed by atoms with van der Waals surface area (Å²) in [6, 6.07) is 14.8. The smallest absolute Gasteiger partial charge is 0.271 e. The Balaban J connectivity index is 1.80. The molecule has 0 fully saturated rings. The van der Waals surface area contributed by atoms with Gasteiger partial charge in [-0.3, -0.25) is 4.79 Å². The van der Waals surface area contributed by atoms with Crippen molar-refractivity contribution in [3.05, 3.63) is 70.7 Å². The van der Waals surface area contributed by atoms with Gasteiger partial charge in [0.2, 0.25) is 0 Å². The Morgan fingerprint density at radius 3 is 2.54 bits per heavy atom. The Hall–Kier alpha value is -3.05. The van der Waals surface area contributed by atoms with Gasteiger partial charge in [0.15, 0.2) is 0 Å². The SMILES string of the molecule is O=C(NN=Cc1cccc2c(O)cccc12)c1ccc(O)c(Cl)c1. The normalized spacial score (nSPS) is 11.0. The molecule has 0 spiro atoms. The van der Waals surface area contributed by atoms with Crippen LogP contribution in [-0.4, -0.2) is 22.3 Å². The summed E-state index contributed by atoms with van der Waals surface area (Å²) < 4.78 is 0. The number of benzene rings is 3. The molecule has 0 aromatic heterocycles. The molecule has 3 aromatic carbocycles. The van der Waals surface area contributed by atoms with Crippen molar-refractivity contribution < 1.29 is 15.0 Å². The maximum absolute atomic E-state index is 12.0. The molecule has 3 N–H and O–H groups in total. The summed E-state index contributed by atoms with van der Waals surface area (Å²) >= 11 is 5.78. The number of rotatable bonds is 3. The van der Waals surface area contributed by atoms with Crippen LogP contribution in [-0.2, 0) is 0 Å². The minimum atomic E-state index is -0.448. The van der Waals surface area contributed by atoms with E-state index in [1.54, 1.807) is 24.3 Å². The van der Waals surface area contributed by atoms with Gasteiger partial charge in [-0.25, -0.2) is 5.43 Å². The first-order chi connectivity index (χ1) is 11.6. The largest absolute Gasteiger partial charge is 0.507 e. The second-order valence-electron chi connectivity index (χ2n) is 5.08. The summed E-state index contributed by atoms with van der Waals surface area (Å²) in [5, 5.41) is 24.8. The molecule has 3 aromatic rings. The lowest BCUT2D eigenvalue weighted by molar-refractivity contribution is 0.0955. The van der Waals surface area contributed by atoms with Crippen molar-refractivity contribution in [1.29, 1.82) is 0 Å².